The van der Waals surface area contributed by atoms with Crippen LogP contribution in [0.25, 0.3) is 17.2 Å². The van der Waals surface area contributed by atoms with Crippen LogP contribution in [0.15, 0.2) is 42.9 Å². The van der Waals surface area contributed by atoms with E-state index in [1.807, 2.05) is 34.9 Å². The maximum absolute atomic E-state index is 6.41. The Morgan fingerprint density at radius 2 is 1.96 bits per heavy atom. The fraction of sp³-hybridized carbons (Fsp3) is 0.250. The Hall–Kier alpha value is -2.31. The molecule has 2 aromatic heterocycles. The molecule has 4 rings (SSSR count). The molecule has 0 saturated heterocycles. The lowest BCUT2D eigenvalue weighted by Crippen LogP contribution is -2.36. The summed E-state index contributed by atoms with van der Waals surface area (Å²) in [5.74, 6) is 1.84. The van der Waals surface area contributed by atoms with Crippen molar-refractivity contribution in [1.82, 2.24) is 24.7 Å². The molecular formula is C16H15ClN6. The number of halogens is 1. The molecule has 0 amide bonds. The third-order valence-corrected chi connectivity index (χ3v) is 4.45. The molecule has 1 saturated carbocycles. The molecule has 7 heteroatoms. The fourth-order valence-corrected chi connectivity index (χ4v) is 3.11. The third-order valence-electron chi connectivity index (χ3n) is 4.13. The van der Waals surface area contributed by atoms with Crippen LogP contribution in [0.5, 0.6) is 0 Å². The van der Waals surface area contributed by atoms with Gasteiger partial charge in [-0.15, -0.1) is 10.2 Å². The highest BCUT2D eigenvalue weighted by Crippen LogP contribution is 2.38. The number of benzene rings is 1. The van der Waals surface area contributed by atoms with Gasteiger partial charge in [0.15, 0.2) is 5.82 Å². The average Bonchev–Trinajstić information content (AvgIpc) is 2.97. The second-order valence-corrected chi connectivity index (χ2v) is 6.10. The first kappa shape index (κ1) is 14.3. The van der Waals surface area contributed by atoms with Crippen LogP contribution in [-0.2, 0) is 0 Å². The normalized spacial score (nSPS) is 20.3. The van der Waals surface area contributed by atoms with E-state index < -0.39 is 0 Å². The molecule has 1 aliphatic rings. The zero-order valence-corrected chi connectivity index (χ0v) is 13.1. The number of hydrogen-bond donors (Lipinski definition) is 1. The van der Waals surface area contributed by atoms with E-state index in [1.54, 1.807) is 6.20 Å². The van der Waals surface area contributed by atoms with Gasteiger partial charge < -0.3 is 5.73 Å². The first-order valence-corrected chi connectivity index (χ1v) is 7.84. The summed E-state index contributed by atoms with van der Waals surface area (Å²) in [7, 11) is 0. The molecule has 6 nitrogen and oxygen atoms in total. The Morgan fingerprint density at radius 1 is 1.13 bits per heavy atom. The molecule has 2 heterocycles. The molecule has 0 unspecified atom stereocenters. The van der Waals surface area contributed by atoms with E-state index in [1.165, 1.54) is 6.33 Å². The number of hydrogen-bond acceptors (Lipinski definition) is 5. The maximum Gasteiger partial charge on any atom is 0.187 e. The zero-order chi connectivity index (χ0) is 15.8. The standard InChI is InChI=1S/C16H15ClN6/c17-12-3-1-2-4-14(12)23-15(10-7-11(18)8-10)21-22-16(23)13-5-6-19-9-20-13/h1-6,9-11H,7-8,18H2. The SMILES string of the molecule is NC1CC(c2nnc(-c3ccncn3)n2-c2ccccc2Cl)C1. The van der Waals surface area contributed by atoms with Crippen LogP contribution in [0.1, 0.15) is 24.6 Å². The van der Waals surface area contributed by atoms with Gasteiger partial charge in [-0.2, -0.15) is 0 Å². The van der Waals surface area contributed by atoms with Crippen molar-refractivity contribution in [3.8, 4) is 17.2 Å². The van der Waals surface area contributed by atoms with Crippen LogP contribution in [0.2, 0.25) is 5.02 Å². The minimum absolute atomic E-state index is 0.235. The molecule has 23 heavy (non-hydrogen) atoms. The van der Waals surface area contributed by atoms with E-state index in [0.717, 1.165) is 24.4 Å². The first-order valence-electron chi connectivity index (χ1n) is 7.46. The van der Waals surface area contributed by atoms with Gasteiger partial charge in [-0.1, -0.05) is 23.7 Å². The van der Waals surface area contributed by atoms with Crippen molar-refractivity contribution in [2.24, 2.45) is 5.73 Å². The smallest absolute Gasteiger partial charge is 0.187 e. The van der Waals surface area contributed by atoms with Crippen LogP contribution in [-0.4, -0.2) is 30.8 Å². The Kier molecular flexibility index (Phi) is 3.55. The first-order chi connectivity index (χ1) is 11.2. The molecule has 2 N–H and O–H groups in total. The van der Waals surface area contributed by atoms with Gasteiger partial charge in [0.1, 0.15) is 17.8 Å². The second-order valence-electron chi connectivity index (χ2n) is 5.69. The molecule has 0 atom stereocenters. The molecule has 116 valence electrons. The lowest BCUT2D eigenvalue weighted by Gasteiger charge is -2.31. The largest absolute Gasteiger partial charge is 0.328 e. The van der Waals surface area contributed by atoms with Gasteiger partial charge in [0.05, 0.1) is 10.7 Å². The van der Waals surface area contributed by atoms with Crippen molar-refractivity contribution >= 4 is 11.6 Å². The molecule has 0 spiro atoms. The number of nitrogens with two attached hydrogens (primary N) is 1. The highest BCUT2D eigenvalue weighted by Gasteiger charge is 2.33. The molecule has 1 fully saturated rings. The van der Waals surface area contributed by atoms with E-state index in [2.05, 4.69) is 20.2 Å². The Bertz CT molecular complexity index is 826. The van der Waals surface area contributed by atoms with Crippen molar-refractivity contribution in [2.45, 2.75) is 24.8 Å². The summed E-state index contributed by atoms with van der Waals surface area (Å²) < 4.78 is 1.99. The van der Waals surface area contributed by atoms with Crippen molar-refractivity contribution in [2.75, 3.05) is 0 Å². The highest BCUT2D eigenvalue weighted by molar-refractivity contribution is 6.32. The summed E-state index contributed by atoms with van der Waals surface area (Å²) in [5.41, 5.74) is 7.50. The quantitative estimate of drug-likeness (QED) is 0.800. The van der Waals surface area contributed by atoms with Gasteiger partial charge in [0.2, 0.25) is 0 Å². The Balaban J connectivity index is 1.89. The predicted octanol–water partition coefficient (Wildman–Crippen LogP) is 2.58. The van der Waals surface area contributed by atoms with Crippen LogP contribution < -0.4 is 5.73 Å². The van der Waals surface area contributed by atoms with Crippen molar-refractivity contribution < 1.29 is 0 Å². The van der Waals surface area contributed by atoms with Gasteiger partial charge >= 0.3 is 0 Å². The van der Waals surface area contributed by atoms with Crippen LogP contribution in [0.3, 0.4) is 0 Å². The van der Waals surface area contributed by atoms with Crippen LogP contribution >= 0.6 is 11.6 Å². The second kappa shape index (κ2) is 5.72. The molecule has 0 bridgehead atoms. The molecule has 0 radical (unpaired) electrons. The van der Waals surface area contributed by atoms with Crippen LogP contribution in [0, 0.1) is 0 Å². The molecule has 1 aliphatic carbocycles. The number of aromatic nitrogens is 5. The Labute approximate surface area is 138 Å². The summed E-state index contributed by atoms with van der Waals surface area (Å²) in [6, 6.07) is 9.71. The summed E-state index contributed by atoms with van der Waals surface area (Å²) in [4.78, 5) is 8.25. The maximum atomic E-state index is 6.41. The monoisotopic (exact) mass is 326 g/mol. The van der Waals surface area contributed by atoms with Crippen LogP contribution in [0.4, 0.5) is 0 Å². The molecule has 1 aromatic carbocycles. The average molecular weight is 327 g/mol. The summed E-state index contributed by atoms with van der Waals surface area (Å²) in [6.45, 7) is 0. The van der Waals surface area contributed by atoms with E-state index in [9.17, 15) is 0 Å². The minimum Gasteiger partial charge on any atom is -0.328 e. The van der Waals surface area contributed by atoms with E-state index in [-0.39, 0.29) is 6.04 Å². The van der Waals surface area contributed by atoms with E-state index >= 15 is 0 Å². The van der Waals surface area contributed by atoms with Gasteiger partial charge in [0, 0.05) is 18.2 Å². The summed E-state index contributed by atoms with van der Waals surface area (Å²) >= 11 is 6.41. The Morgan fingerprint density at radius 3 is 2.65 bits per heavy atom. The number of para-hydroxylation sites is 1. The van der Waals surface area contributed by atoms with E-state index in [4.69, 9.17) is 17.3 Å². The van der Waals surface area contributed by atoms with Crippen molar-refractivity contribution in [1.29, 1.82) is 0 Å². The summed E-state index contributed by atoms with van der Waals surface area (Å²) in [5, 5.41) is 9.41. The lowest BCUT2D eigenvalue weighted by atomic mass is 9.80. The topological polar surface area (TPSA) is 82.5 Å². The predicted molar refractivity (Wildman–Crippen MR) is 87.3 cm³/mol. The lowest BCUT2D eigenvalue weighted by molar-refractivity contribution is 0.335. The molecular weight excluding hydrogens is 312 g/mol. The fourth-order valence-electron chi connectivity index (χ4n) is 2.89. The summed E-state index contributed by atoms with van der Waals surface area (Å²) in [6.07, 6.45) is 5.01. The van der Waals surface area contributed by atoms with Crippen molar-refractivity contribution in [3.63, 3.8) is 0 Å². The minimum atomic E-state index is 0.235. The zero-order valence-electron chi connectivity index (χ0n) is 12.3. The highest BCUT2D eigenvalue weighted by atomic mass is 35.5. The number of nitrogens with zero attached hydrogens (tertiary/aromatic N) is 5. The van der Waals surface area contributed by atoms with Gasteiger partial charge in [-0.05, 0) is 31.0 Å². The van der Waals surface area contributed by atoms with Crippen molar-refractivity contribution in [3.05, 3.63) is 53.7 Å². The molecule has 0 aliphatic heterocycles. The van der Waals surface area contributed by atoms with Gasteiger partial charge in [-0.3, -0.25) is 4.57 Å². The molecule has 3 aromatic rings. The van der Waals surface area contributed by atoms with Gasteiger partial charge in [0.25, 0.3) is 0 Å². The van der Waals surface area contributed by atoms with Gasteiger partial charge in [-0.25, -0.2) is 9.97 Å². The number of rotatable bonds is 3. The third kappa shape index (κ3) is 2.50. The van der Waals surface area contributed by atoms with E-state index in [0.29, 0.717) is 22.5 Å².